The topological polar surface area (TPSA) is 52.7 Å². The molecule has 0 aliphatic carbocycles. The van der Waals surface area contributed by atoms with E-state index in [2.05, 4.69) is 26.1 Å². The zero-order chi connectivity index (χ0) is 13.3. The lowest BCUT2D eigenvalue weighted by molar-refractivity contribution is 0.0990. The van der Waals surface area contributed by atoms with Crippen molar-refractivity contribution in [3.05, 3.63) is 33.8 Å². The second kappa shape index (κ2) is 5.06. The summed E-state index contributed by atoms with van der Waals surface area (Å²) >= 11 is 3.51. The Balaban J connectivity index is 2.24. The lowest BCUT2D eigenvalue weighted by Crippen LogP contribution is -2.07. The Hall–Kier alpha value is -1.43. The van der Waals surface area contributed by atoms with Crippen molar-refractivity contribution in [1.29, 1.82) is 0 Å². The summed E-state index contributed by atoms with van der Waals surface area (Å²) in [5.74, 6) is 0.0504. The Morgan fingerprint density at radius 3 is 2.67 bits per heavy atom. The van der Waals surface area contributed by atoms with Crippen LogP contribution < -0.4 is 0 Å². The van der Waals surface area contributed by atoms with E-state index in [0.29, 0.717) is 12.0 Å². The summed E-state index contributed by atoms with van der Waals surface area (Å²) in [5, 5.41) is 8.38. The number of ketones is 1. The monoisotopic (exact) mass is 310 g/mol. The standard InChI is InChI=1S/C12H15BrN4O/c1-4-9-12(13)10(17(3)15-9)5-11(18)8-6-14-16(2)7-8/h6-7H,4-5H2,1-3H3. The minimum absolute atomic E-state index is 0.0504. The molecule has 0 spiro atoms. The third-order valence-corrected chi connectivity index (χ3v) is 3.77. The van der Waals surface area contributed by atoms with Gasteiger partial charge in [0.1, 0.15) is 0 Å². The van der Waals surface area contributed by atoms with Gasteiger partial charge in [0.2, 0.25) is 0 Å². The van der Waals surface area contributed by atoms with E-state index in [-0.39, 0.29) is 5.78 Å². The molecule has 0 radical (unpaired) electrons. The van der Waals surface area contributed by atoms with Crippen molar-refractivity contribution in [2.75, 3.05) is 0 Å². The van der Waals surface area contributed by atoms with Crippen molar-refractivity contribution in [3.63, 3.8) is 0 Å². The summed E-state index contributed by atoms with van der Waals surface area (Å²) in [5.41, 5.74) is 2.51. The van der Waals surface area contributed by atoms with Gasteiger partial charge in [0.05, 0.1) is 34.0 Å². The maximum Gasteiger partial charge on any atom is 0.171 e. The van der Waals surface area contributed by atoms with Crippen LogP contribution in [0.15, 0.2) is 16.9 Å². The average molecular weight is 311 g/mol. The average Bonchev–Trinajstić information content (AvgIpc) is 2.87. The van der Waals surface area contributed by atoms with Crippen LogP contribution in [-0.4, -0.2) is 25.3 Å². The van der Waals surface area contributed by atoms with Crippen LogP contribution in [0.5, 0.6) is 0 Å². The van der Waals surface area contributed by atoms with Gasteiger partial charge in [-0.3, -0.25) is 14.2 Å². The molecule has 2 heterocycles. The Morgan fingerprint density at radius 1 is 1.44 bits per heavy atom. The molecule has 2 aromatic rings. The molecule has 6 heteroatoms. The Bertz CT molecular complexity index is 585. The van der Waals surface area contributed by atoms with E-state index in [1.807, 2.05) is 14.0 Å². The molecule has 2 aromatic heterocycles. The van der Waals surface area contributed by atoms with E-state index >= 15 is 0 Å². The summed E-state index contributed by atoms with van der Waals surface area (Å²) in [4.78, 5) is 12.1. The fourth-order valence-electron chi connectivity index (χ4n) is 1.83. The van der Waals surface area contributed by atoms with E-state index < -0.39 is 0 Å². The molecule has 18 heavy (non-hydrogen) atoms. The zero-order valence-electron chi connectivity index (χ0n) is 10.6. The van der Waals surface area contributed by atoms with Crippen LogP contribution in [0.4, 0.5) is 0 Å². The molecular formula is C12H15BrN4O. The van der Waals surface area contributed by atoms with Gasteiger partial charge in [0.25, 0.3) is 0 Å². The van der Waals surface area contributed by atoms with Crippen LogP contribution in [0.25, 0.3) is 0 Å². The molecule has 0 atom stereocenters. The summed E-state index contributed by atoms with van der Waals surface area (Å²) < 4.78 is 4.32. The SMILES string of the molecule is CCc1nn(C)c(CC(=O)c2cnn(C)c2)c1Br. The second-order valence-electron chi connectivity index (χ2n) is 4.19. The van der Waals surface area contributed by atoms with Crippen molar-refractivity contribution in [1.82, 2.24) is 19.6 Å². The Labute approximate surface area is 114 Å². The number of carbonyl (C=O) groups is 1. The number of aryl methyl sites for hydroxylation is 3. The minimum atomic E-state index is 0.0504. The lowest BCUT2D eigenvalue weighted by Gasteiger charge is -2.00. The maximum absolute atomic E-state index is 12.1. The van der Waals surface area contributed by atoms with E-state index in [9.17, 15) is 4.79 Å². The van der Waals surface area contributed by atoms with Gasteiger partial charge in [0.15, 0.2) is 5.78 Å². The molecule has 0 N–H and O–H groups in total. The number of carbonyl (C=O) groups excluding carboxylic acids is 1. The van der Waals surface area contributed by atoms with Crippen molar-refractivity contribution < 1.29 is 4.79 Å². The first-order chi connectivity index (χ1) is 8.52. The van der Waals surface area contributed by atoms with Gasteiger partial charge in [-0.1, -0.05) is 6.92 Å². The maximum atomic E-state index is 12.1. The van der Waals surface area contributed by atoms with Crippen molar-refractivity contribution in [2.45, 2.75) is 19.8 Å². The predicted octanol–water partition coefficient (Wildman–Crippen LogP) is 1.90. The molecule has 0 aromatic carbocycles. The van der Waals surface area contributed by atoms with Crippen molar-refractivity contribution in [2.24, 2.45) is 14.1 Å². The van der Waals surface area contributed by atoms with Gasteiger partial charge < -0.3 is 0 Å². The molecule has 0 unspecified atom stereocenters. The van der Waals surface area contributed by atoms with Gasteiger partial charge >= 0.3 is 0 Å². The fraction of sp³-hybridized carbons (Fsp3) is 0.417. The van der Waals surface area contributed by atoms with Crippen LogP contribution in [-0.2, 0) is 26.9 Å². The number of Topliss-reactive ketones (excluding diaryl/α,β-unsaturated/α-hetero) is 1. The second-order valence-corrected chi connectivity index (χ2v) is 4.98. The number of hydrogen-bond acceptors (Lipinski definition) is 3. The van der Waals surface area contributed by atoms with Crippen LogP contribution >= 0.6 is 15.9 Å². The van der Waals surface area contributed by atoms with Crippen LogP contribution in [0.1, 0.15) is 28.7 Å². The molecule has 0 fully saturated rings. The van der Waals surface area contributed by atoms with Gasteiger partial charge in [0, 0.05) is 20.3 Å². The molecule has 0 saturated heterocycles. The van der Waals surface area contributed by atoms with E-state index in [4.69, 9.17) is 0 Å². The number of halogens is 1. The predicted molar refractivity (Wildman–Crippen MR) is 71.5 cm³/mol. The molecule has 0 aliphatic heterocycles. The Kier molecular flexibility index (Phi) is 3.65. The summed E-state index contributed by atoms with van der Waals surface area (Å²) in [7, 11) is 3.65. The molecule has 0 bridgehead atoms. The van der Waals surface area contributed by atoms with Crippen molar-refractivity contribution >= 4 is 21.7 Å². The van der Waals surface area contributed by atoms with Gasteiger partial charge in [-0.25, -0.2) is 0 Å². The highest BCUT2D eigenvalue weighted by molar-refractivity contribution is 9.10. The first-order valence-corrected chi connectivity index (χ1v) is 6.54. The molecular weight excluding hydrogens is 296 g/mol. The first kappa shape index (κ1) is 13.0. The van der Waals surface area contributed by atoms with Crippen molar-refractivity contribution in [3.8, 4) is 0 Å². The molecule has 2 rings (SSSR count). The number of aromatic nitrogens is 4. The third kappa shape index (κ3) is 2.38. The van der Waals surface area contributed by atoms with E-state index in [1.165, 1.54) is 0 Å². The quantitative estimate of drug-likeness (QED) is 0.811. The highest BCUT2D eigenvalue weighted by Gasteiger charge is 2.17. The van der Waals surface area contributed by atoms with Gasteiger partial charge in [-0.05, 0) is 22.4 Å². The summed E-state index contributed by atoms with van der Waals surface area (Å²) in [6.45, 7) is 2.04. The largest absolute Gasteiger partial charge is 0.294 e. The number of nitrogens with zero attached hydrogens (tertiary/aromatic N) is 4. The Morgan fingerprint density at radius 2 is 2.17 bits per heavy atom. The molecule has 96 valence electrons. The van der Waals surface area contributed by atoms with Crippen LogP contribution in [0.2, 0.25) is 0 Å². The molecule has 5 nitrogen and oxygen atoms in total. The van der Waals surface area contributed by atoms with Crippen LogP contribution in [0, 0.1) is 0 Å². The first-order valence-electron chi connectivity index (χ1n) is 5.75. The highest BCUT2D eigenvalue weighted by atomic mass is 79.9. The molecule has 0 amide bonds. The fourth-order valence-corrected chi connectivity index (χ4v) is 2.59. The third-order valence-electron chi connectivity index (χ3n) is 2.86. The van der Waals surface area contributed by atoms with Crippen LogP contribution in [0.3, 0.4) is 0 Å². The highest BCUT2D eigenvalue weighted by Crippen LogP contribution is 2.22. The normalized spacial score (nSPS) is 10.9. The van der Waals surface area contributed by atoms with Gasteiger partial charge in [-0.15, -0.1) is 0 Å². The molecule has 0 aliphatic rings. The van der Waals surface area contributed by atoms with E-state index in [1.54, 1.807) is 28.8 Å². The minimum Gasteiger partial charge on any atom is -0.294 e. The number of hydrogen-bond donors (Lipinski definition) is 0. The molecule has 0 saturated carbocycles. The van der Waals surface area contributed by atoms with Gasteiger partial charge in [-0.2, -0.15) is 10.2 Å². The zero-order valence-corrected chi connectivity index (χ0v) is 12.2. The lowest BCUT2D eigenvalue weighted by atomic mass is 10.1. The van der Waals surface area contributed by atoms with E-state index in [0.717, 1.165) is 22.3 Å². The smallest absolute Gasteiger partial charge is 0.171 e. The summed E-state index contributed by atoms with van der Waals surface area (Å²) in [6, 6.07) is 0. The summed E-state index contributed by atoms with van der Waals surface area (Å²) in [6.07, 6.45) is 4.49. The number of rotatable bonds is 4.